The summed E-state index contributed by atoms with van der Waals surface area (Å²) in [6.45, 7) is 3.12. The Morgan fingerprint density at radius 1 is 1.19 bits per heavy atom. The Morgan fingerprint density at radius 2 is 2.00 bits per heavy atom. The Kier molecular flexibility index (Phi) is 4.92. The quantitative estimate of drug-likeness (QED) is 0.476. The second kappa shape index (κ2) is 7.50. The number of nitrogens with zero attached hydrogens (tertiary/aromatic N) is 4. The minimum absolute atomic E-state index is 0.170. The third-order valence-electron chi connectivity index (χ3n) is 4.18. The van der Waals surface area contributed by atoms with Crippen LogP contribution in [0.4, 0.5) is 5.13 Å². The number of hydrogen-bond acceptors (Lipinski definition) is 4. The molecule has 0 unspecified atom stereocenters. The van der Waals surface area contributed by atoms with E-state index in [2.05, 4.69) is 10.1 Å². The molecule has 5 nitrogen and oxygen atoms in total. The largest absolute Gasteiger partial charge is 0.280 e. The lowest BCUT2D eigenvalue weighted by Gasteiger charge is -2.19. The Hall–Kier alpha value is -2.70. The summed E-state index contributed by atoms with van der Waals surface area (Å²) in [4.78, 5) is 19.5. The number of aromatic nitrogens is 3. The summed E-state index contributed by atoms with van der Waals surface area (Å²) in [6, 6.07) is 17.2. The van der Waals surface area contributed by atoms with E-state index in [1.54, 1.807) is 21.7 Å². The molecule has 4 rings (SSSR count). The molecular formula is C20H17ClN4OS. The lowest BCUT2D eigenvalue weighted by Crippen LogP contribution is -2.30. The second-order valence-corrected chi connectivity index (χ2v) is 7.49. The van der Waals surface area contributed by atoms with Gasteiger partial charge in [0.2, 0.25) is 0 Å². The number of halogens is 1. The van der Waals surface area contributed by atoms with Crippen molar-refractivity contribution in [1.29, 1.82) is 0 Å². The highest BCUT2D eigenvalue weighted by Gasteiger charge is 2.23. The molecule has 2 aromatic carbocycles. The van der Waals surface area contributed by atoms with Crippen molar-refractivity contribution in [3.8, 4) is 0 Å². The van der Waals surface area contributed by atoms with Gasteiger partial charge in [0, 0.05) is 17.8 Å². The summed E-state index contributed by atoms with van der Waals surface area (Å²) in [5, 5.41) is 5.65. The molecule has 1 amide bonds. The molecule has 0 saturated heterocycles. The Balaban J connectivity index is 1.75. The predicted octanol–water partition coefficient (Wildman–Crippen LogP) is 5.01. The van der Waals surface area contributed by atoms with Crippen molar-refractivity contribution in [1.82, 2.24) is 14.8 Å². The SMILES string of the molecule is CCn1ccc(C(=O)N(Cc2ccccc2)c2nc3ccc(Cl)cc3s2)n1. The van der Waals surface area contributed by atoms with Gasteiger partial charge in [0.05, 0.1) is 16.8 Å². The molecule has 4 aromatic rings. The molecule has 0 radical (unpaired) electrons. The maximum atomic E-state index is 13.2. The molecule has 0 fully saturated rings. The zero-order valence-corrected chi connectivity index (χ0v) is 16.2. The van der Waals surface area contributed by atoms with Gasteiger partial charge in [-0.25, -0.2) is 4.98 Å². The van der Waals surface area contributed by atoms with Crippen molar-refractivity contribution in [2.24, 2.45) is 0 Å². The summed E-state index contributed by atoms with van der Waals surface area (Å²) in [6.07, 6.45) is 1.81. The van der Waals surface area contributed by atoms with Gasteiger partial charge in [-0.3, -0.25) is 14.4 Å². The van der Waals surface area contributed by atoms with E-state index in [0.717, 1.165) is 15.8 Å². The summed E-state index contributed by atoms with van der Waals surface area (Å²) < 4.78 is 2.69. The van der Waals surface area contributed by atoms with Crippen molar-refractivity contribution >= 4 is 44.2 Å². The van der Waals surface area contributed by atoms with Crippen molar-refractivity contribution in [3.05, 3.63) is 77.1 Å². The number of fused-ring (bicyclic) bond motifs is 1. The molecule has 136 valence electrons. The van der Waals surface area contributed by atoms with Gasteiger partial charge in [0.25, 0.3) is 5.91 Å². The monoisotopic (exact) mass is 396 g/mol. The minimum Gasteiger partial charge on any atom is -0.278 e. The number of carbonyl (C=O) groups is 1. The van der Waals surface area contributed by atoms with Crippen LogP contribution in [0.1, 0.15) is 23.0 Å². The predicted molar refractivity (Wildman–Crippen MR) is 109 cm³/mol. The maximum Gasteiger partial charge on any atom is 0.280 e. The number of hydrogen-bond donors (Lipinski definition) is 0. The standard InChI is InChI=1S/C20H17ClN4OS/c1-2-24-11-10-17(23-24)19(26)25(13-14-6-4-3-5-7-14)20-22-16-9-8-15(21)12-18(16)27-20/h3-12H,2,13H2,1H3. The highest BCUT2D eigenvalue weighted by atomic mass is 35.5. The van der Waals surface area contributed by atoms with Crippen LogP contribution in [0.25, 0.3) is 10.2 Å². The maximum absolute atomic E-state index is 13.2. The average molecular weight is 397 g/mol. The van der Waals surface area contributed by atoms with Crippen LogP contribution >= 0.6 is 22.9 Å². The van der Waals surface area contributed by atoms with Crippen LogP contribution in [-0.2, 0) is 13.1 Å². The van der Waals surface area contributed by atoms with Gasteiger partial charge in [-0.05, 0) is 36.8 Å². The Bertz CT molecular complexity index is 1090. The van der Waals surface area contributed by atoms with E-state index in [1.807, 2.05) is 55.6 Å². The number of thiazole rings is 1. The number of aryl methyl sites for hydroxylation is 1. The third-order valence-corrected chi connectivity index (χ3v) is 5.46. The smallest absolute Gasteiger partial charge is 0.278 e. The summed E-state index contributed by atoms with van der Waals surface area (Å²) in [5.74, 6) is -0.170. The molecule has 2 aromatic heterocycles. The number of rotatable bonds is 5. The molecule has 2 heterocycles. The molecule has 0 N–H and O–H groups in total. The molecule has 7 heteroatoms. The first-order chi connectivity index (χ1) is 13.1. The fraction of sp³-hybridized carbons (Fsp3) is 0.150. The number of anilines is 1. The zero-order valence-electron chi connectivity index (χ0n) is 14.7. The fourth-order valence-corrected chi connectivity index (χ4v) is 4.02. The third kappa shape index (κ3) is 3.72. The van der Waals surface area contributed by atoms with Gasteiger partial charge >= 0.3 is 0 Å². The first-order valence-electron chi connectivity index (χ1n) is 8.59. The number of amides is 1. The molecular weight excluding hydrogens is 380 g/mol. The van der Waals surface area contributed by atoms with Gasteiger partial charge in [-0.2, -0.15) is 5.10 Å². The first kappa shape index (κ1) is 17.7. The van der Waals surface area contributed by atoms with Crippen LogP contribution in [0, 0.1) is 0 Å². The topological polar surface area (TPSA) is 51.0 Å². The van der Waals surface area contributed by atoms with E-state index in [-0.39, 0.29) is 5.91 Å². The lowest BCUT2D eigenvalue weighted by molar-refractivity contribution is 0.0979. The molecule has 0 spiro atoms. The average Bonchev–Trinajstić information content (AvgIpc) is 3.32. The summed E-state index contributed by atoms with van der Waals surface area (Å²) in [7, 11) is 0. The molecule has 27 heavy (non-hydrogen) atoms. The summed E-state index contributed by atoms with van der Waals surface area (Å²) >= 11 is 7.55. The van der Waals surface area contributed by atoms with E-state index < -0.39 is 0 Å². The van der Waals surface area contributed by atoms with Crippen LogP contribution in [0.3, 0.4) is 0 Å². The van der Waals surface area contributed by atoms with Crippen molar-refractivity contribution < 1.29 is 4.79 Å². The van der Waals surface area contributed by atoms with Crippen molar-refractivity contribution in [2.45, 2.75) is 20.0 Å². The normalized spacial score (nSPS) is 11.0. The van der Waals surface area contributed by atoms with Crippen LogP contribution in [0.2, 0.25) is 5.02 Å². The van der Waals surface area contributed by atoms with Gasteiger partial charge < -0.3 is 0 Å². The van der Waals surface area contributed by atoms with Gasteiger partial charge in [-0.1, -0.05) is 53.3 Å². The molecule has 0 atom stereocenters. The second-order valence-electron chi connectivity index (χ2n) is 6.04. The Labute approximate surface area is 165 Å². The van der Waals surface area contributed by atoms with Gasteiger partial charge in [-0.15, -0.1) is 0 Å². The zero-order chi connectivity index (χ0) is 18.8. The molecule has 0 saturated carbocycles. The Morgan fingerprint density at radius 3 is 2.74 bits per heavy atom. The van der Waals surface area contributed by atoms with Crippen LogP contribution < -0.4 is 4.90 Å². The van der Waals surface area contributed by atoms with E-state index in [1.165, 1.54) is 11.3 Å². The molecule has 0 aliphatic heterocycles. The van der Waals surface area contributed by atoms with E-state index >= 15 is 0 Å². The van der Waals surface area contributed by atoms with E-state index in [4.69, 9.17) is 11.6 Å². The first-order valence-corrected chi connectivity index (χ1v) is 9.79. The van der Waals surface area contributed by atoms with E-state index in [0.29, 0.717) is 28.9 Å². The van der Waals surface area contributed by atoms with Crippen LogP contribution in [0.5, 0.6) is 0 Å². The van der Waals surface area contributed by atoms with E-state index in [9.17, 15) is 4.79 Å². The van der Waals surface area contributed by atoms with Crippen LogP contribution in [0.15, 0.2) is 60.8 Å². The van der Waals surface area contributed by atoms with Gasteiger partial charge in [0.1, 0.15) is 0 Å². The highest BCUT2D eigenvalue weighted by Crippen LogP contribution is 2.32. The minimum atomic E-state index is -0.170. The van der Waals surface area contributed by atoms with Gasteiger partial charge in [0.15, 0.2) is 10.8 Å². The molecule has 0 bridgehead atoms. The summed E-state index contributed by atoms with van der Waals surface area (Å²) in [5.41, 5.74) is 2.26. The molecule has 0 aliphatic rings. The fourth-order valence-electron chi connectivity index (χ4n) is 2.78. The van der Waals surface area contributed by atoms with Crippen molar-refractivity contribution in [3.63, 3.8) is 0 Å². The highest BCUT2D eigenvalue weighted by molar-refractivity contribution is 7.22. The van der Waals surface area contributed by atoms with Crippen molar-refractivity contribution in [2.75, 3.05) is 4.90 Å². The number of benzene rings is 2. The lowest BCUT2D eigenvalue weighted by atomic mass is 10.2. The number of carbonyl (C=O) groups excluding carboxylic acids is 1. The molecule has 0 aliphatic carbocycles. The van der Waals surface area contributed by atoms with Crippen LogP contribution in [-0.4, -0.2) is 20.7 Å².